The SMILES string of the molecule is CNCc1cn(C(C)C(=O)NC2CCCC2)nn1. The van der Waals surface area contributed by atoms with Gasteiger partial charge in [0.2, 0.25) is 5.91 Å². The largest absolute Gasteiger partial charge is 0.352 e. The molecule has 2 rings (SSSR count). The minimum absolute atomic E-state index is 0.0304. The Hall–Kier alpha value is -1.43. The summed E-state index contributed by atoms with van der Waals surface area (Å²) in [5.41, 5.74) is 0.845. The van der Waals surface area contributed by atoms with Crippen LogP contribution in [0.3, 0.4) is 0 Å². The smallest absolute Gasteiger partial charge is 0.244 e. The van der Waals surface area contributed by atoms with Gasteiger partial charge in [0.15, 0.2) is 0 Å². The van der Waals surface area contributed by atoms with Gasteiger partial charge in [-0.2, -0.15) is 0 Å². The van der Waals surface area contributed by atoms with Crippen LogP contribution in [0, 0.1) is 0 Å². The molecule has 1 heterocycles. The van der Waals surface area contributed by atoms with Crippen molar-refractivity contribution in [3.63, 3.8) is 0 Å². The lowest BCUT2D eigenvalue weighted by atomic mass is 10.2. The highest BCUT2D eigenvalue weighted by Gasteiger charge is 2.22. The maximum atomic E-state index is 12.1. The lowest BCUT2D eigenvalue weighted by Crippen LogP contribution is -2.37. The second-order valence-electron chi connectivity index (χ2n) is 4.89. The Morgan fingerprint density at radius 3 is 2.94 bits per heavy atom. The molecule has 1 aromatic heterocycles. The van der Waals surface area contributed by atoms with E-state index in [9.17, 15) is 4.79 Å². The number of hydrogen-bond acceptors (Lipinski definition) is 4. The minimum Gasteiger partial charge on any atom is -0.352 e. The van der Waals surface area contributed by atoms with Crippen LogP contribution in [-0.2, 0) is 11.3 Å². The van der Waals surface area contributed by atoms with Crippen molar-refractivity contribution in [2.45, 2.75) is 51.2 Å². The van der Waals surface area contributed by atoms with E-state index < -0.39 is 0 Å². The number of nitrogens with one attached hydrogen (secondary N) is 2. The van der Waals surface area contributed by atoms with Gasteiger partial charge in [-0.1, -0.05) is 18.1 Å². The summed E-state index contributed by atoms with van der Waals surface area (Å²) in [4.78, 5) is 12.1. The summed E-state index contributed by atoms with van der Waals surface area (Å²) < 4.78 is 1.62. The van der Waals surface area contributed by atoms with Crippen molar-refractivity contribution in [3.05, 3.63) is 11.9 Å². The molecule has 1 aliphatic carbocycles. The quantitative estimate of drug-likeness (QED) is 0.804. The molecule has 18 heavy (non-hydrogen) atoms. The van der Waals surface area contributed by atoms with Crippen LogP contribution in [0.15, 0.2) is 6.20 Å². The predicted molar refractivity (Wildman–Crippen MR) is 67.9 cm³/mol. The van der Waals surface area contributed by atoms with E-state index in [1.165, 1.54) is 12.8 Å². The molecular weight excluding hydrogens is 230 g/mol. The lowest BCUT2D eigenvalue weighted by molar-refractivity contribution is -0.124. The summed E-state index contributed by atoms with van der Waals surface area (Å²) >= 11 is 0. The van der Waals surface area contributed by atoms with E-state index in [-0.39, 0.29) is 11.9 Å². The molecule has 0 saturated heterocycles. The zero-order valence-electron chi connectivity index (χ0n) is 11.0. The van der Waals surface area contributed by atoms with Crippen LogP contribution in [0.5, 0.6) is 0 Å². The standard InChI is InChI=1S/C12H21N5O/c1-9(12(18)14-10-5-3-4-6-10)17-8-11(7-13-2)15-16-17/h8-10,13H,3-7H2,1-2H3,(H,14,18). The van der Waals surface area contributed by atoms with Crippen molar-refractivity contribution in [2.75, 3.05) is 7.05 Å². The van der Waals surface area contributed by atoms with Gasteiger partial charge < -0.3 is 10.6 Å². The van der Waals surface area contributed by atoms with Crippen molar-refractivity contribution in [2.24, 2.45) is 0 Å². The first kappa shape index (κ1) is 13.0. The Bertz CT molecular complexity index is 397. The van der Waals surface area contributed by atoms with Gasteiger partial charge >= 0.3 is 0 Å². The fourth-order valence-corrected chi connectivity index (χ4v) is 2.28. The molecule has 1 aliphatic rings. The van der Waals surface area contributed by atoms with E-state index in [0.717, 1.165) is 18.5 Å². The topological polar surface area (TPSA) is 71.8 Å². The maximum Gasteiger partial charge on any atom is 0.244 e. The molecule has 0 bridgehead atoms. The van der Waals surface area contributed by atoms with Gasteiger partial charge in [0.05, 0.1) is 11.9 Å². The molecule has 1 atom stereocenters. The predicted octanol–water partition coefficient (Wildman–Crippen LogP) is 0.617. The first-order valence-corrected chi connectivity index (χ1v) is 6.56. The molecule has 0 spiro atoms. The minimum atomic E-state index is -0.302. The van der Waals surface area contributed by atoms with E-state index in [1.54, 1.807) is 4.68 Å². The van der Waals surface area contributed by atoms with E-state index >= 15 is 0 Å². The fraction of sp³-hybridized carbons (Fsp3) is 0.750. The van der Waals surface area contributed by atoms with Crippen molar-refractivity contribution in [1.29, 1.82) is 0 Å². The molecule has 6 nitrogen and oxygen atoms in total. The van der Waals surface area contributed by atoms with Gasteiger partial charge in [0, 0.05) is 12.6 Å². The molecule has 6 heteroatoms. The highest BCUT2D eigenvalue weighted by Crippen LogP contribution is 2.18. The summed E-state index contributed by atoms with van der Waals surface area (Å²) in [5.74, 6) is 0.0304. The fourth-order valence-electron chi connectivity index (χ4n) is 2.28. The summed E-state index contributed by atoms with van der Waals surface area (Å²) in [6.45, 7) is 2.51. The van der Waals surface area contributed by atoms with Crippen molar-refractivity contribution in [3.8, 4) is 0 Å². The van der Waals surface area contributed by atoms with E-state index in [4.69, 9.17) is 0 Å². The van der Waals surface area contributed by atoms with Crippen LogP contribution in [0.25, 0.3) is 0 Å². The summed E-state index contributed by atoms with van der Waals surface area (Å²) in [6, 6.07) is 0.0453. The van der Waals surface area contributed by atoms with Gasteiger partial charge in [-0.3, -0.25) is 4.79 Å². The highest BCUT2D eigenvalue weighted by atomic mass is 16.2. The number of rotatable bonds is 5. The molecule has 0 aliphatic heterocycles. The Labute approximate surface area is 107 Å². The van der Waals surface area contributed by atoms with Gasteiger partial charge in [0.1, 0.15) is 6.04 Å². The molecular formula is C12H21N5O. The second kappa shape index (κ2) is 5.95. The average molecular weight is 251 g/mol. The van der Waals surface area contributed by atoms with Crippen molar-refractivity contribution in [1.82, 2.24) is 25.6 Å². The number of nitrogens with zero attached hydrogens (tertiary/aromatic N) is 3. The Balaban J connectivity index is 1.91. The van der Waals surface area contributed by atoms with Crippen LogP contribution in [0.2, 0.25) is 0 Å². The number of carbonyl (C=O) groups is 1. The molecule has 0 aromatic carbocycles. The van der Waals surface area contributed by atoms with Crippen molar-refractivity contribution < 1.29 is 4.79 Å². The number of amides is 1. The van der Waals surface area contributed by atoms with E-state index in [2.05, 4.69) is 20.9 Å². The summed E-state index contributed by atoms with van der Waals surface area (Å²) in [7, 11) is 1.86. The first-order chi connectivity index (χ1) is 8.70. The molecule has 0 radical (unpaired) electrons. The summed E-state index contributed by atoms with van der Waals surface area (Å²) in [5, 5.41) is 14.1. The van der Waals surface area contributed by atoms with Gasteiger partial charge in [0.25, 0.3) is 0 Å². The molecule has 1 saturated carbocycles. The lowest BCUT2D eigenvalue weighted by Gasteiger charge is -2.16. The molecule has 100 valence electrons. The monoisotopic (exact) mass is 251 g/mol. The maximum absolute atomic E-state index is 12.1. The molecule has 1 fully saturated rings. The third-order valence-corrected chi connectivity index (χ3v) is 3.39. The Kier molecular flexibility index (Phi) is 4.30. The zero-order chi connectivity index (χ0) is 13.0. The molecule has 1 amide bonds. The van der Waals surface area contributed by atoms with E-state index in [0.29, 0.717) is 12.6 Å². The molecule has 2 N–H and O–H groups in total. The molecule has 1 unspecified atom stereocenters. The third-order valence-electron chi connectivity index (χ3n) is 3.39. The highest BCUT2D eigenvalue weighted by molar-refractivity contribution is 5.80. The van der Waals surface area contributed by atoms with Gasteiger partial charge in [-0.15, -0.1) is 5.10 Å². The van der Waals surface area contributed by atoms with E-state index in [1.807, 2.05) is 20.2 Å². The van der Waals surface area contributed by atoms with Gasteiger partial charge in [-0.05, 0) is 26.8 Å². The number of hydrogen-bond donors (Lipinski definition) is 2. The number of carbonyl (C=O) groups excluding carboxylic acids is 1. The third kappa shape index (κ3) is 3.07. The molecule has 1 aromatic rings. The van der Waals surface area contributed by atoms with Crippen LogP contribution in [-0.4, -0.2) is 34.0 Å². The van der Waals surface area contributed by atoms with Crippen LogP contribution < -0.4 is 10.6 Å². The zero-order valence-corrected chi connectivity index (χ0v) is 11.0. The van der Waals surface area contributed by atoms with Gasteiger partial charge in [-0.25, -0.2) is 4.68 Å². The number of aromatic nitrogens is 3. The summed E-state index contributed by atoms with van der Waals surface area (Å²) in [6.07, 6.45) is 6.45. The van der Waals surface area contributed by atoms with Crippen LogP contribution in [0.1, 0.15) is 44.3 Å². The normalized spacial score (nSPS) is 17.9. The first-order valence-electron chi connectivity index (χ1n) is 6.56. The Morgan fingerprint density at radius 1 is 1.56 bits per heavy atom. The van der Waals surface area contributed by atoms with Crippen LogP contribution in [0.4, 0.5) is 0 Å². The average Bonchev–Trinajstić information content (AvgIpc) is 3.00. The van der Waals surface area contributed by atoms with Crippen LogP contribution >= 0.6 is 0 Å². The van der Waals surface area contributed by atoms with Crippen molar-refractivity contribution >= 4 is 5.91 Å². The Morgan fingerprint density at radius 2 is 2.28 bits per heavy atom. The second-order valence-corrected chi connectivity index (χ2v) is 4.89.